The molecule has 0 amide bonds. The second-order valence-electron chi connectivity index (χ2n) is 5.60. The van der Waals surface area contributed by atoms with E-state index in [1.54, 1.807) is 0 Å². The predicted octanol–water partition coefficient (Wildman–Crippen LogP) is 2.97. The number of hydrogen-bond donors (Lipinski definition) is 1. The van der Waals surface area contributed by atoms with Crippen LogP contribution in [-0.2, 0) is 6.42 Å². The van der Waals surface area contributed by atoms with E-state index < -0.39 is 11.6 Å². The molecule has 0 aromatic heterocycles. The fraction of sp³-hybridized carbons (Fsp3) is 0.625. The predicted molar refractivity (Wildman–Crippen MR) is 77.8 cm³/mol. The Balaban J connectivity index is 1.96. The Morgan fingerprint density at radius 3 is 2.45 bits per heavy atom. The van der Waals surface area contributed by atoms with E-state index >= 15 is 0 Å². The van der Waals surface area contributed by atoms with Gasteiger partial charge in [-0.15, -0.1) is 0 Å². The van der Waals surface area contributed by atoms with Crippen molar-refractivity contribution in [3.63, 3.8) is 0 Å². The quantitative estimate of drug-likeness (QED) is 0.893. The van der Waals surface area contributed by atoms with Gasteiger partial charge in [-0.1, -0.05) is 13.8 Å². The summed E-state index contributed by atoms with van der Waals surface area (Å²) in [5.41, 5.74) is 0.740. The summed E-state index contributed by atoms with van der Waals surface area (Å²) in [5, 5.41) is 3.55. The molecule has 1 aromatic carbocycles. The van der Waals surface area contributed by atoms with Crippen LogP contribution in [0.5, 0.6) is 0 Å². The van der Waals surface area contributed by atoms with Crippen molar-refractivity contribution >= 4 is 0 Å². The van der Waals surface area contributed by atoms with E-state index in [9.17, 15) is 8.78 Å². The van der Waals surface area contributed by atoms with Crippen molar-refractivity contribution in [1.82, 2.24) is 10.2 Å². The van der Waals surface area contributed by atoms with Crippen LogP contribution < -0.4 is 5.32 Å². The van der Waals surface area contributed by atoms with Gasteiger partial charge >= 0.3 is 0 Å². The molecule has 1 aliphatic rings. The molecular formula is C16H24F2N2. The van der Waals surface area contributed by atoms with Crippen LogP contribution in [0.25, 0.3) is 0 Å². The molecule has 0 spiro atoms. The Morgan fingerprint density at radius 2 is 1.85 bits per heavy atom. The number of hydrogen-bond acceptors (Lipinski definition) is 2. The molecule has 2 atom stereocenters. The molecule has 0 saturated carbocycles. The van der Waals surface area contributed by atoms with E-state index in [-0.39, 0.29) is 0 Å². The van der Waals surface area contributed by atoms with Crippen LogP contribution in [0.2, 0.25) is 0 Å². The fourth-order valence-corrected chi connectivity index (χ4v) is 2.91. The average molecular weight is 282 g/mol. The number of nitrogens with one attached hydrogen (secondary N) is 1. The van der Waals surface area contributed by atoms with E-state index in [1.807, 2.05) is 0 Å². The molecule has 2 rings (SSSR count). The molecule has 2 nitrogen and oxygen atoms in total. The highest BCUT2D eigenvalue weighted by molar-refractivity contribution is 5.18. The van der Waals surface area contributed by atoms with Gasteiger partial charge in [0.05, 0.1) is 0 Å². The molecule has 1 aliphatic heterocycles. The molecule has 1 aromatic rings. The molecule has 1 N–H and O–H groups in total. The molecular weight excluding hydrogens is 258 g/mol. The largest absolute Gasteiger partial charge is 0.311 e. The Bertz CT molecular complexity index is 416. The fourth-order valence-electron chi connectivity index (χ4n) is 2.91. The van der Waals surface area contributed by atoms with Crippen LogP contribution in [0.3, 0.4) is 0 Å². The third-order valence-electron chi connectivity index (χ3n) is 4.19. The van der Waals surface area contributed by atoms with Crippen molar-refractivity contribution in [2.45, 2.75) is 45.2 Å². The van der Waals surface area contributed by atoms with Gasteiger partial charge in [-0.25, -0.2) is 8.78 Å². The van der Waals surface area contributed by atoms with Crippen LogP contribution in [0.15, 0.2) is 18.2 Å². The van der Waals surface area contributed by atoms with Gasteiger partial charge in [-0.2, -0.15) is 0 Å². The van der Waals surface area contributed by atoms with E-state index in [4.69, 9.17) is 0 Å². The molecule has 0 aliphatic carbocycles. The second kappa shape index (κ2) is 7.14. The maximum atomic E-state index is 13.2. The first-order valence-corrected chi connectivity index (χ1v) is 7.54. The van der Waals surface area contributed by atoms with Crippen LogP contribution in [0.1, 0.15) is 32.3 Å². The SMILES string of the molecule is CCC1CN(CCc2cc(F)cc(F)c2)C(CC)CN1. The molecule has 1 heterocycles. The summed E-state index contributed by atoms with van der Waals surface area (Å²) >= 11 is 0. The maximum Gasteiger partial charge on any atom is 0.126 e. The molecule has 2 unspecified atom stereocenters. The second-order valence-corrected chi connectivity index (χ2v) is 5.60. The number of halogens is 2. The lowest BCUT2D eigenvalue weighted by molar-refractivity contribution is 0.126. The van der Waals surface area contributed by atoms with Crippen molar-refractivity contribution < 1.29 is 8.78 Å². The number of benzene rings is 1. The number of piperazine rings is 1. The minimum absolute atomic E-state index is 0.487. The minimum atomic E-state index is -0.487. The van der Waals surface area contributed by atoms with E-state index in [1.165, 1.54) is 12.1 Å². The standard InChI is InChI=1S/C16H24F2N2/c1-3-15-11-20(16(4-2)10-19-15)6-5-12-7-13(17)9-14(18)8-12/h7-9,15-16,19H,3-6,10-11H2,1-2H3. The Kier molecular flexibility index (Phi) is 5.49. The normalized spacial score (nSPS) is 24.0. The minimum Gasteiger partial charge on any atom is -0.311 e. The first-order chi connectivity index (χ1) is 9.62. The van der Waals surface area contributed by atoms with Gasteiger partial charge in [0.15, 0.2) is 0 Å². The smallest absolute Gasteiger partial charge is 0.126 e. The van der Waals surface area contributed by atoms with Gasteiger partial charge < -0.3 is 5.32 Å². The Morgan fingerprint density at radius 1 is 1.15 bits per heavy atom. The Labute approximate surface area is 120 Å². The molecule has 4 heteroatoms. The third kappa shape index (κ3) is 4.00. The zero-order valence-electron chi connectivity index (χ0n) is 12.3. The van der Waals surface area contributed by atoms with Crippen LogP contribution in [0.4, 0.5) is 8.78 Å². The molecule has 1 saturated heterocycles. The average Bonchev–Trinajstić information content (AvgIpc) is 2.43. The monoisotopic (exact) mass is 282 g/mol. The van der Waals surface area contributed by atoms with Crippen LogP contribution in [0, 0.1) is 11.6 Å². The molecule has 0 bridgehead atoms. The van der Waals surface area contributed by atoms with Crippen molar-refractivity contribution in [2.75, 3.05) is 19.6 Å². The number of nitrogens with zero attached hydrogens (tertiary/aromatic N) is 1. The first kappa shape index (κ1) is 15.4. The van der Waals surface area contributed by atoms with E-state index in [2.05, 4.69) is 24.1 Å². The maximum absolute atomic E-state index is 13.2. The van der Waals surface area contributed by atoms with Gasteiger partial charge in [0.1, 0.15) is 11.6 Å². The van der Waals surface area contributed by atoms with Crippen LogP contribution >= 0.6 is 0 Å². The van der Waals surface area contributed by atoms with E-state index in [0.717, 1.165) is 44.1 Å². The first-order valence-electron chi connectivity index (χ1n) is 7.54. The summed E-state index contributed by atoms with van der Waals surface area (Å²) in [6.07, 6.45) is 2.91. The molecule has 112 valence electrons. The summed E-state index contributed by atoms with van der Waals surface area (Å²) < 4.78 is 26.4. The summed E-state index contributed by atoms with van der Waals surface area (Å²) in [6.45, 7) is 7.26. The molecule has 1 fully saturated rings. The van der Waals surface area contributed by atoms with Gasteiger partial charge in [-0.05, 0) is 37.0 Å². The lowest BCUT2D eigenvalue weighted by Crippen LogP contribution is -2.56. The summed E-state index contributed by atoms with van der Waals surface area (Å²) in [7, 11) is 0. The van der Waals surface area contributed by atoms with Crippen molar-refractivity contribution in [3.8, 4) is 0 Å². The highest BCUT2D eigenvalue weighted by Crippen LogP contribution is 2.14. The molecule has 0 radical (unpaired) electrons. The van der Waals surface area contributed by atoms with Gasteiger partial charge in [0, 0.05) is 37.8 Å². The third-order valence-corrected chi connectivity index (χ3v) is 4.19. The zero-order valence-corrected chi connectivity index (χ0v) is 12.3. The summed E-state index contributed by atoms with van der Waals surface area (Å²) in [5.74, 6) is -0.974. The van der Waals surface area contributed by atoms with Crippen molar-refractivity contribution in [3.05, 3.63) is 35.4 Å². The van der Waals surface area contributed by atoms with Crippen molar-refractivity contribution in [2.24, 2.45) is 0 Å². The lowest BCUT2D eigenvalue weighted by atomic mass is 10.0. The zero-order chi connectivity index (χ0) is 14.5. The van der Waals surface area contributed by atoms with Gasteiger partial charge in [0.25, 0.3) is 0 Å². The lowest BCUT2D eigenvalue weighted by Gasteiger charge is -2.40. The molecule has 20 heavy (non-hydrogen) atoms. The summed E-state index contributed by atoms with van der Waals surface area (Å²) in [6, 6.07) is 4.85. The van der Waals surface area contributed by atoms with Gasteiger partial charge in [0.2, 0.25) is 0 Å². The highest BCUT2D eigenvalue weighted by Gasteiger charge is 2.25. The van der Waals surface area contributed by atoms with Crippen molar-refractivity contribution in [1.29, 1.82) is 0 Å². The topological polar surface area (TPSA) is 15.3 Å². The van der Waals surface area contributed by atoms with E-state index in [0.29, 0.717) is 18.5 Å². The Hall–Kier alpha value is -1.00. The van der Waals surface area contributed by atoms with Crippen LogP contribution in [-0.4, -0.2) is 36.6 Å². The summed E-state index contributed by atoms with van der Waals surface area (Å²) in [4.78, 5) is 2.45. The highest BCUT2D eigenvalue weighted by atomic mass is 19.1. The number of rotatable bonds is 5. The van der Waals surface area contributed by atoms with Gasteiger partial charge in [-0.3, -0.25) is 4.90 Å².